The summed E-state index contributed by atoms with van der Waals surface area (Å²) < 4.78 is 0. The Hall–Kier alpha value is -2.35. The van der Waals surface area contributed by atoms with E-state index in [1.165, 1.54) is 0 Å². The fraction of sp³-hybridized carbons (Fsp3) is 0.357. The van der Waals surface area contributed by atoms with Crippen LogP contribution in [0.2, 0.25) is 0 Å². The van der Waals surface area contributed by atoms with Crippen molar-refractivity contribution in [3.8, 4) is 6.07 Å². The largest absolute Gasteiger partial charge is 0.381 e. The zero-order valence-electron chi connectivity index (χ0n) is 10.4. The second-order valence-electron chi connectivity index (χ2n) is 4.98. The monoisotopic (exact) mass is 254 g/mol. The Morgan fingerprint density at radius 1 is 1.58 bits per heavy atom. The average Bonchev–Trinajstić information content (AvgIpc) is 2.84. The van der Waals surface area contributed by atoms with Gasteiger partial charge in [-0.05, 0) is 24.8 Å². The van der Waals surface area contributed by atoms with Crippen molar-refractivity contribution in [3.05, 3.63) is 24.0 Å². The summed E-state index contributed by atoms with van der Waals surface area (Å²) in [6, 6.07) is 4.44. The number of carbonyl (C=O) groups excluding carboxylic acids is 1. The van der Waals surface area contributed by atoms with Crippen LogP contribution in [0.1, 0.15) is 24.8 Å². The number of rotatable bonds is 4. The first kappa shape index (κ1) is 11.7. The first-order valence-electron chi connectivity index (χ1n) is 6.38. The maximum Gasteiger partial charge on any atom is 0.139 e. The fourth-order valence-corrected chi connectivity index (χ4v) is 2.63. The van der Waals surface area contributed by atoms with E-state index in [-0.39, 0.29) is 0 Å². The lowest BCUT2D eigenvalue weighted by atomic mass is 9.78. The molecule has 0 amide bonds. The minimum Gasteiger partial charge on any atom is -0.381 e. The molecule has 0 saturated heterocycles. The molecule has 2 N–H and O–H groups in total. The molecule has 2 aromatic rings. The number of nitriles is 1. The van der Waals surface area contributed by atoms with Gasteiger partial charge in [-0.25, -0.2) is 4.98 Å². The molecule has 0 bridgehead atoms. The van der Waals surface area contributed by atoms with Crippen molar-refractivity contribution in [1.29, 1.82) is 5.26 Å². The Balaban J connectivity index is 1.82. The molecule has 0 radical (unpaired) electrons. The van der Waals surface area contributed by atoms with Crippen molar-refractivity contribution in [2.45, 2.75) is 25.3 Å². The van der Waals surface area contributed by atoms with Gasteiger partial charge >= 0.3 is 0 Å². The predicted molar refractivity (Wildman–Crippen MR) is 71.6 cm³/mol. The predicted octanol–water partition coefficient (Wildman–Crippen LogP) is 2.21. The number of nitrogens with zero attached hydrogens (tertiary/aromatic N) is 2. The summed E-state index contributed by atoms with van der Waals surface area (Å²) in [6.07, 6.45) is 7.00. The molecule has 1 fully saturated rings. The molecule has 5 heteroatoms. The Labute approximate surface area is 110 Å². The first-order chi connectivity index (χ1) is 9.31. The van der Waals surface area contributed by atoms with Gasteiger partial charge in [0.25, 0.3) is 0 Å². The minimum atomic E-state index is 0.345. The molecule has 0 aromatic carbocycles. The third kappa shape index (κ3) is 2.06. The molecule has 0 aliphatic heterocycles. The summed E-state index contributed by atoms with van der Waals surface area (Å²) in [4.78, 5) is 17.7. The number of aromatic nitrogens is 2. The van der Waals surface area contributed by atoms with Crippen LogP contribution in [-0.4, -0.2) is 22.3 Å². The number of aldehydes is 1. The highest BCUT2D eigenvalue weighted by Crippen LogP contribution is 2.34. The molecule has 96 valence electrons. The third-order valence-corrected chi connectivity index (χ3v) is 3.72. The van der Waals surface area contributed by atoms with Crippen molar-refractivity contribution in [1.82, 2.24) is 9.97 Å². The lowest BCUT2D eigenvalue weighted by Gasteiger charge is -2.35. The van der Waals surface area contributed by atoms with Crippen molar-refractivity contribution in [2.24, 2.45) is 5.92 Å². The molecule has 0 atom stereocenters. The zero-order chi connectivity index (χ0) is 13.2. The summed E-state index contributed by atoms with van der Waals surface area (Å²) in [5.41, 5.74) is 2.19. The van der Waals surface area contributed by atoms with Gasteiger partial charge in [0.1, 0.15) is 18.0 Å². The van der Waals surface area contributed by atoms with Crippen LogP contribution >= 0.6 is 0 Å². The molecule has 3 rings (SSSR count). The van der Waals surface area contributed by atoms with E-state index in [1.54, 1.807) is 6.20 Å². The SMILES string of the molecule is N#Cc1cnc2[nH]ccc2c1NC1CC(CC=O)C1. The second-order valence-corrected chi connectivity index (χ2v) is 4.98. The van der Waals surface area contributed by atoms with Crippen molar-refractivity contribution in [2.75, 3.05) is 5.32 Å². The molecule has 1 aliphatic rings. The standard InChI is InChI=1S/C14H14N4O/c15-7-10-8-17-14-12(1-3-16-14)13(10)18-11-5-9(6-11)2-4-19/h1,3-4,8-9,11H,2,5-6H2,(H2,16,17,18). The molecular formula is C14H14N4O. The molecule has 2 heterocycles. The Morgan fingerprint density at radius 3 is 3.16 bits per heavy atom. The number of fused-ring (bicyclic) bond motifs is 1. The number of pyridine rings is 1. The van der Waals surface area contributed by atoms with Crippen LogP contribution in [0.25, 0.3) is 11.0 Å². The minimum absolute atomic E-state index is 0.345. The van der Waals surface area contributed by atoms with Crippen LogP contribution in [0, 0.1) is 17.2 Å². The van der Waals surface area contributed by atoms with Crippen LogP contribution in [0.3, 0.4) is 0 Å². The Bertz CT molecular complexity index is 649. The Kier molecular flexibility index (Phi) is 2.92. The van der Waals surface area contributed by atoms with E-state index in [0.29, 0.717) is 23.9 Å². The molecule has 19 heavy (non-hydrogen) atoms. The van der Waals surface area contributed by atoms with E-state index in [9.17, 15) is 4.79 Å². The number of nitrogens with one attached hydrogen (secondary N) is 2. The van der Waals surface area contributed by atoms with Crippen molar-refractivity contribution < 1.29 is 4.79 Å². The smallest absolute Gasteiger partial charge is 0.139 e. The second kappa shape index (κ2) is 4.73. The summed E-state index contributed by atoms with van der Waals surface area (Å²) in [6.45, 7) is 0. The summed E-state index contributed by atoms with van der Waals surface area (Å²) in [5, 5.41) is 13.5. The highest BCUT2D eigenvalue weighted by atomic mass is 16.1. The molecule has 5 nitrogen and oxygen atoms in total. The highest BCUT2D eigenvalue weighted by molar-refractivity contribution is 5.92. The van der Waals surface area contributed by atoms with E-state index in [4.69, 9.17) is 5.26 Å². The normalized spacial score (nSPS) is 21.6. The lowest BCUT2D eigenvalue weighted by Crippen LogP contribution is -2.35. The fourth-order valence-electron chi connectivity index (χ4n) is 2.63. The number of aromatic amines is 1. The highest BCUT2D eigenvalue weighted by Gasteiger charge is 2.29. The van der Waals surface area contributed by atoms with Crippen LogP contribution in [-0.2, 0) is 4.79 Å². The van der Waals surface area contributed by atoms with E-state index >= 15 is 0 Å². The van der Waals surface area contributed by atoms with E-state index < -0.39 is 0 Å². The summed E-state index contributed by atoms with van der Waals surface area (Å²) in [5.74, 6) is 0.490. The topological polar surface area (TPSA) is 81.6 Å². The number of anilines is 1. The van der Waals surface area contributed by atoms with Gasteiger partial charge in [0, 0.05) is 30.2 Å². The number of hydrogen-bond donors (Lipinski definition) is 2. The number of hydrogen-bond acceptors (Lipinski definition) is 4. The first-order valence-corrected chi connectivity index (χ1v) is 6.38. The molecule has 2 aromatic heterocycles. The number of carbonyl (C=O) groups is 1. The molecule has 0 spiro atoms. The van der Waals surface area contributed by atoms with Crippen LogP contribution in [0.5, 0.6) is 0 Å². The van der Waals surface area contributed by atoms with Gasteiger partial charge in [0.15, 0.2) is 0 Å². The lowest BCUT2D eigenvalue weighted by molar-refractivity contribution is -0.109. The molecule has 0 unspecified atom stereocenters. The van der Waals surface area contributed by atoms with E-state index in [0.717, 1.165) is 35.8 Å². The van der Waals surface area contributed by atoms with Crippen molar-refractivity contribution >= 4 is 23.0 Å². The summed E-state index contributed by atoms with van der Waals surface area (Å²) >= 11 is 0. The van der Waals surface area contributed by atoms with Crippen LogP contribution in [0.4, 0.5) is 5.69 Å². The van der Waals surface area contributed by atoms with Gasteiger partial charge < -0.3 is 15.1 Å². The van der Waals surface area contributed by atoms with Gasteiger partial charge in [0.05, 0.1) is 11.3 Å². The number of H-pyrrole nitrogens is 1. The van der Waals surface area contributed by atoms with E-state index in [2.05, 4.69) is 21.4 Å². The van der Waals surface area contributed by atoms with Gasteiger partial charge in [-0.1, -0.05) is 0 Å². The third-order valence-electron chi connectivity index (χ3n) is 3.72. The maximum absolute atomic E-state index is 10.4. The quantitative estimate of drug-likeness (QED) is 0.819. The zero-order valence-corrected chi connectivity index (χ0v) is 10.4. The molecular weight excluding hydrogens is 240 g/mol. The van der Waals surface area contributed by atoms with Gasteiger partial charge in [-0.2, -0.15) is 5.26 Å². The van der Waals surface area contributed by atoms with E-state index in [1.807, 2.05) is 12.3 Å². The maximum atomic E-state index is 10.4. The average molecular weight is 254 g/mol. The van der Waals surface area contributed by atoms with Crippen LogP contribution in [0.15, 0.2) is 18.5 Å². The molecule has 1 saturated carbocycles. The van der Waals surface area contributed by atoms with Crippen LogP contribution < -0.4 is 5.32 Å². The van der Waals surface area contributed by atoms with Gasteiger partial charge in [0.2, 0.25) is 0 Å². The Morgan fingerprint density at radius 2 is 2.42 bits per heavy atom. The van der Waals surface area contributed by atoms with Gasteiger partial charge in [-0.15, -0.1) is 0 Å². The molecule has 1 aliphatic carbocycles. The van der Waals surface area contributed by atoms with Crippen molar-refractivity contribution in [3.63, 3.8) is 0 Å². The van der Waals surface area contributed by atoms with Gasteiger partial charge in [-0.3, -0.25) is 0 Å². The summed E-state index contributed by atoms with van der Waals surface area (Å²) in [7, 11) is 0.